The molecule has 2 N–H and O–H groups in total. The number of aliphatic carboxylic acids is 1. The van der Waals surface area contributed by atoms with E-state index in [4.69, 9.17) is 5.11 Å². The SMILES string of the molecule is CSc1nc(C)c(CCC(=O)NC(CC(F)F)C(=O)O)c(C)n1. The van der Waals surface area contributed by atoms with Crippen LogP contribution in [0.15, 0.2) is 5.16 Å². The summed E-state index contributed by atoms with van der Waals surface area (Å²) in [4.78, 5) is 31.2. The highest BCUT2D eigenvalue weighted by Crippen LogP contribution is 2.17. The number of carbonyl (C=O) groups is 2. The number of nitrogens with zero attached hydrogens (tertiary/aromatic N) is 2. The van der Waals surface area contributed by atoms with Crippen molar-refractivity contribution in [2.24, 2.45) is 0 Å². The van der Waals surface area contributed by atoms with Gasteiger partial charge in [0.05, 0.1) is 0 Å². The van der Waals surface area contributed by atoms with Crippen LogP contribution in [0.25, 0.3) is 0 Å². The molecule has 0 aliphatic heterocycles. The second-order valence-electron chi connectivity index (χ2n) is 4.94. The van der Waals surface area contributed by atoms with Crippen LogP contribution in [0.2, 0.25) is 0 Å². The Morgan fingerprint density at radius 3 is 2.26 bits per heavy atom. The van der Waals surface area contributed by atoms with Gasteiger partial charge >= 0.3 is 5.97 Å². The summed E-state index contributed by atoms with van der Waals surface area (Å²) in [5.41, 5.74) is 2.30. The van der Waals surface area contributed by atoms with Gasteiger partial charge in [0, 0.05) is 24.2 Å². The number of carboxylic acids is 1. The Balaban J connectivity index is 2.67. The molecule has 1 atom stereocenters. The number of aromatic nitrogens is 2. The summed E-state index contributed by atoms with van der Waals surface area (Å²) in [5, 5.41) is 11.6. The smallest absolute Gasteiger partial charge is 0.326 e. The number of aryl methyl sites for hydroxylation is 2. The first kappa shape index (κ1) is 19.3. The molecule has 23 heavy (non-hydrogen) atoms. The van der Waals surface area contributed by atoms with Crippen LogP contribution in [0.5, 0.6) is 0 Å². The predicted molar refractivity (Wildman–Crippen MR) is 81.8 cm³/mol. The quantitative estimate of drug-likeness (QED) is 0.552. The van der Waals surface area contributed by atoms with Gasteiger partial charge in [0.2, 0.25) is 12.3 Å². The van der Waals surface area contributed by atoms with Crippen LogP contribution in [-0.2, 0) is 16.0 Å². The van der Waals surface area contributed by atoms with Crippen LogP contribution in [0.4, 0.5) is 8.78 Å². The number of rotatable bonds is 8. The van der Waals surface area contributed by atoms with E-state index in [9.17, 15) is 18.4 Å². The van der Waals surface area contributed by atoms with Gasteiger partial charge in [0.15, 0.2) is 5.16 Å². The summed E-state index contributed by atoms with van der Waals surface area (Å²) in [6.45, 7) is 3.61. The highest BCUT2D eigenvalue weighted by atomic mass is 32.2. The van der Waals surface area contributed by atoms with Crippen LogP contribution >= 0.6 is 11.8 Å². The lowest BCUT2D eigenvalue weighted by molar-refractivity contribution is -0.143. The van der Waals surface area contributed by atoms with Gasteiger partial charge < -0.3 is 10.4 Å². The van der Waals surface area contributed by atoms with Crippen LogP contribution in [-0.4, -0.2) is 45.7 Å². The fourth-order valence-electron chi connectivity index (χ4n) is 2.07. The minimum absolute atomic E-state index is 0.0172. The minimum atomic E-state index is -2.80. The summed E-state index contributed by atoms with van der Waals surface area (Å²) in [5.74, 6) is -2.07. The molecule has 1 unspecified atom stereocenters. The molecule has 1 aromatic rings. The monoisotopic (exact) mass is 347 g/mol. The lowest BCUT2D eigenvalue weighted by Gasteiger charge is -2.14. The molecule has 0 saturated carbocycles. The second-order valence-corrected chi connectivity index (χ2v) is 5.72. The van der Waals surface area contributed by atoms with E-state index in [1.54, 1.807) is 13.8 Å². The zero-order valence-corrected chi connectivity index (χ0v) is 13.9. The molecule has 9 heteroatoms. The standard InChI is InChI=1S/C14H19F2N3O3S/c1-7-9(8(2)18-14(17-7)23-3)4-5-12(20)19-10(13(21)22)6-11(15)16/h10-11H,4-6H2,1-3H3,(H,19,20)(H,21,22). The number of hydrogen-bond acceptors (Lipinski definition) is 5. The summed E-state index contributed by atoms with van der Waals surface area (Å²) < 4.78 is 24.6. The second kappa shape index (κ2) is 8.76. The van der Waals surface area contributed by atoms with E-state index >= 15 is 0 Å². The van der Waals surface area contributed by atoms with Crippen molar-refractivity contribution in [2.75, 3.05) is 6.26 Å². The average Bonchev–Trinajstić information content (AvgIpc) is 2.44. The molecule has 1 heterocycles. The highest BCUT2D eigenvalue weighted by molar-refractivity contribution is 7.98. The molecular formula is C14H19F2N3O3S. The molecule has 0 radical (unpaired) electrons. The lowest BCUT2D eigenvalue weighted by Crippen LogP contribution is -2.42. The lowest BCUT2D eigenvalue weighted by atomic mass is 10.1. The molecular weight excluding hydrogens is 328 g/mol. The van der Waals surface area contributed by atoms with E-state index in [0.717, 1.165) is 17.0 Å². The van der Waals surface area contributed by atoms with Crippen molar-refractivity contribution < 1.29 is 23.5 Å². The van der Waals surface area contributed by atoms with E-state index < -0.39 is 30.8 Å². The largest absolute Gasteiger partial charge is 0.480 e. The predicted octanol–water partition coefficient (Wildman–Crippen LogP) is 1.97. The number of hydrogen-bond donors (Lipinski definition) is 2. The summed E-state index contributed by atoms with van der Waals surface area (Å²) in [6.07, 6.45) is -1.55. The maximum absolute atomic E-state index is 12.3. The summed E-state index contributed by atoms with van der Waals surface area (Å²) in [6, 6.07) is -1.58. The van der Waals surface area contributed by atoms with E-state index in [2.05, 4.69) is 15.3 Å². The molecule has 6 nitrogen and oxygen atoms in total. The zero-order chi connectivity index (χ0) is 17.6. The van der Waals surface area contributed by atoms with Crippen molar-refractivity contribution in [3.63, 3.8) is 0 Å². The van der Waals surface area contributed by atoms with E-state index in [1.807, 2.05) is 6.26 Å². The molecule has 0 aliphatic rings. The molecule has 1 aromatic heterocycles. The molecule has 0 fully saturated rings. The van der Waals surface area contributed by atoms with Gasteiger partial charge in [-0.05, 0) is 32.1 Å². The maximum Gasteiger partial charge on any atom is 0.326 e. The number of amides is 1. The van der Waals surface area contributed by atoms with Crippen LogP contribution in [0.3, 0.4) is 0 Å². The molecule has 0 spiro atoms. The van der Waals surface area contributed by atoms with Gasteiger partial charge in [-0.25, -0.2) is 23.5 Å². The third-order valence-electron chi connectivity index (χ3n) is 3.23. The Morgan fingerprint density at radius 1 is 1.26 bits per heavy atom. The van der Waals surface area contributed by atoms with Gasteiger partial charge in [0.1, 0.15) is 6.04 Å². The third kappa shape index (κ3) is 6.09. The van der Waals surface area contributed by atoms with Crippen molar-refractivity contribution >= 4 is 23.6 Å². The molecule has 1 amide bonds. The zero-order valence-electron chi connectivity index (χ0n) is 13.1. The Morgan fingerprint density at radius 2 is 1.83 bits per heavy atom. The van der Waals surface area contributed by atoms with Crippen molar-refractivity contribution in [2.45, 2.75) is 50.7 Å². The summed E-state index contributed by atoms with van der Waals surface area (Å²) in [7, 11) is 0. The van der Waals surface area contributed by atoms with E-state index in [1.165, 1.54) is 11.8 Å². The average molecular weight is 347 g/mol. The van der Waals surface area contributed by atoms with Crippen LogP contribution in [0.1, 0.15) is 29.8 Å². The van der Waals surface area contributed by atoms with Crippen molar-refractivity contribution in [1.29, 1.82) is 0 Å². The Bertz CT molecular complexity index is 561. The Hall–Kier alpha value is -1.77. The first-order chi connectivity index (χ1) is 10.7. The number of nitrogens with one attached hydrogen (secondary N) is 1. The Kier molecular flexibility index (Phi) is 7.34. The molecule has 0 bridgehead atoms. The van der Waals surface area contributed by atoms with Gasteiger partial charge in [-0.2, -0.15) is 0 Å². The topological polar surface area (TPSA) is 92.2 Å². The van der Waals surface area contributed by atoms with Crippen molar-refractivity contribution in [1.82, 2.24) is 15.3 Å². The third-order valence-corrected chi connectivity index (χ3v) is 3.78. The molecule has 0 aliphatic carbocycles. The number of halogens is 2. The van der Waals surface area contributed by atoms with Gasteiger partial charge in [0.25, 0.3) is 0 Å². The number of thioether (sulfide) groups is 1. The van der Waals surface area contributed by atoms with Crippen LogP contribution in [0, 0.1) is 13.8 Å². The van der Waals surface area contributed by atoms with Crippen LogP contribution < -0.4 is 5.32 Å². The molecule has 0 aromatic carbocycles. The molecule has 128 valence electrons. The van der Waals surface area contributed by atoms with Crippen molar-refractivity contribution in [3.05, 3.63) is 17.0 Å². The van der Waals surface area contributed by atoms with Gasteiger partial charge in [-0.3, -0.25) is 4.79 Å². The van der Waals surface area contributed by atoms with E-state index in [0.29, 0.717) is 11.6 Å². The van der Waals surface area contributed by atoms with Gasteiger partial charge in [-0.15, -0.1) is 0 Å². The normalized spacial score (nSPS) is 12.3. The Labute approximate surface area is 137 Å². The molecule has 1 rings (SSSR count). The number of alkyl halides is 2. The summed E-state index contributed by atoms with van der Waals surface area (Å²) >= 11 is 1.41. The minimum Gasteiger partial charge on any atom is -0.480 e. The molecule has 0 saturated heterocycles. The number of carbonyl (C=O) groups excluding carboxylic acids is 1. The number of carboxylic acid groups (broad SMARTS) is 1. The fourth-order valence-corrected chi connectivity index (χ4v) is 2.52. The first-order valence-corrected chi connectivity index (χ1v) is 8.15. The first-order valence-electron chi connectivity index (χ1n) is 6.93. The highest BCUT2D eigenvalue weighted by Gasteiger charge is 2.24. The maximum atomic E-state index is 12.3. The van der Waals surface area contributed by atoms with E-state index in [-0.39, 0.29) is 6.42 Å². The van der Waals surface area contributed by atoms with Gasteiger partial charge in [-0.1, -0.05) is 11.8 Å². The fraction of sp³-hybridized carbons (Fsp3) is 0.571. The van der Waals surface area contributed by atoms with Crippen molar-refractivity contribution in [3.8, 4) is 0 Å².